The lowest BCUT2D eigenvalue weighted by molar-refractivity contribution is 0.196. The van der Waals surface area contributed by atoms with Crippen LogP contribution in [0.4, 0.5) is 8.78 Å². The number of aromatic nitrogens is 1. The maximum Gasteiger partial charge on any atom is 0.198 e. The van der Waals surface area contributed by atoms with E-state index >= 15 is 0 Å². The first-order chi connectivity index (χ1) is 12.1. The van der Waals surface area contributed by atoms with Crippen LogP contribution in [0, 0.1) is 11.6 Å². The summed E-state index contributed by atoms with van der Waals surface area (Å²) >= 11 is 0. The predicted octanol–water partition coefficient (Wildman–Crippen LogP) is 3.69. The van der Waals surface area contributed by atoms with Crippen LogP contribution in [0.25, 0.3) is 10.9 Å². The maximum absolute atomic E-state index is 13.8. The zero-order chi connectivity index (χ0) is 17.8. The first-order valence-corrected chi connectivity index (χ1v) is 7.46. The third-order valence-electron chi connectivity index (χ3n) is 3.47. The van der Waals surface area contributed by atoms with Gasteiger partial charge in [0.15, 0.2) is 28.9 Å². The molecule has 0 spiro atoms. The standard InChI is InChI=1S/C18H15F2NO4/c1-23-16-9-11-14(10-17(16)24-8-7-22)21-6-5-15(11)25-18-12(19)3-2-4-13(18)20/h2-6,9-10,22H,7-8H2,1H3. The van der Waals surface area contributed by atoms with Crippen molar-refractivity contribution in [2.45, 2.75) is 0 Å². The molecule has 0 saturated heterocycles. The summed E-state index contributed by atoms with van der Waals surface area (Å²) < 4.78 is 43.8. The van der Waals surface area contributed by atoms with Gasteiger partial charge in [-0.05, 0) is 24.3 Å². The SMILES string of the molecule is COc1cc2c(Oc3c(F)cccc3F)ccnc2cc1OCCO. The number of methoxy groups -OCH3 is 1. The first kappa shape index (κ1) is 16.9. The molecule has 0 saturated carbocycles. The second kappa shape index (κ2) is 7.31. The van der Waals surface area contributed by atoms with Crippen molar-refractivity contribution in [3.05, 3.63) is 54.2 Å². The van der Waals surface area contributed by atoms with Gasteiger partial charge in [0.05, 0.1) is 19.2 Å². The molecular weight excluding hydrogens is 332 g/mol. The van der Waals surface area contributed by atoms with Crippen LogP contribution in [-0.2, 0) is 0 Å². The van der Waals surface area contributed by atoms with Crippen LogP contribution in [0.5, 0.6) is 23.0 Å². The number of hydrogen-bond acceptors (Lipinski definition) is 5. The second-order valence-electron chi connectivity index (χ2n) is 5.05. The van der Waals surface area contributed by atoms with Crippen molar-refractivity contribution in [2.75, 3.05) is 20.3 Å². The highest BCUT2D eigenvalue weighted by Crippen LogP contribution is 2.37. The molecule has 0 fully saturated rings. The Morgan fingerprint density at radius 3 is 2.48 bits per heavy atom. The number of halogens is 2. The van der Waals surface area contributed by atoms with Crippen LogP contribution in [0.1, 0.15) is 0 Å². The maximum atomic E-state index is 13.8. The van der Waals surface area contributed by atoms with Crippen molar-refractivity contribution in [1.82, 2.24) is 4.98 Å². The monoisotopic (exact) mass is 347 g/mol. The largest absolute Gasteiger partial charge is 0.493 e. The van der Waals surface area contributed by atoms with Gasteiger partial charge in [-0.25, -0.2) is 8.78 Å². The van der Waals surface area contributed by atoms with Crippen LogP contribution >= 0.6 is 0 Å². The van der Waals surface area contributed by atoms with Gasteiger partial charge in [-0.3, -0.25) is 4.98 Å². The molecule has 1 heterocycles. The van der Waals surface area contributed by atoms with Crippen molar-refractivity contribution in [1.29, 1.82) is 0 Å². The first-order valence-electron chi connectivity index (χ1n) is 7.46. The topological polar surface area (TPSA) is 60.8 Å². The highest BCUT2D eigenvalue weighted by Gasteiger charge is 2.15. The van der Waals surface area contributed by atoms with Gasteiger partial charge in [0.1, 0.15) is 12.4 Å². The average Bonchev–Trinajstić information content (AvgIpc) is 2.62. The molecule has 0 unspecified atom stereocenters. The molecule has 0 aliphatic rings. The summed E-state index contributed by atoms with van der Waals surface area (Å²) in [6.07, 6.45) is 1.46. The lowest BCUT2D eigenvalue weighted by Gasteiger charge is -2.14. The Balaban J connectivity index is 2.07. The molecule has 1 N–H and O–H groups in total. The number of rotatable bonds is 6. The molecule has 130 valence electrons. The molecular formula is C18H15F2NO4. The smallest absolute Gasteiger partial charge is 0.198 e. The van der Waals surface area contributed by atoms with E-state index < -0.39 is 17.4 Å². The molecule has 0 bridgehead atoms. The van der Waals surface area contributed by atoms with Crippen LogP contribution in [0.2, 0.25) is 0 Å². The molecule has 0 atom stereocenters. The number of aliphatic hydroxyl groups is 1. The minimum Gasteiger partial charge on any atom is -0.493 e. The van der Waals surface area contributed by atoms with Crippen molar-refractivity contribution in [2.24, 2.45) is 0 Å². The minimum atomic E-state index is -0.806. The van der Waals surface area contributed by atoms with Crippen molar-refractivity contribution in [3.63, 3.8) is 0 Å². The van der Waals surface area contributed by atoms with E-state index in [1.165, 1.54) is 25.4 Å². The Hall–Kier alpha value is -2.93. The molecule has 0 aliphatic carbocycles. The minimum absolute atomic E-state index is 0.0957. The molecule has 0 aliphatic heterocycles. The van der Waals surface area contributed by atoms with Gasteiger partial charge in [-0.2, -0.15) is 0 Å². The summed E-state index contributed by atoms with van der Waals surface area (Å²) in [5.74, 6) is -1.10. The Morgan fingerprint density at radius 2 is 1.80 bits per heavy atom. The Morgan fingerprint density at radius 1 is 1.04 bits per heavy atom. The molecule has 3 rings (SSSR count). The summed E-state index contributed by atoms with van der Waals surface area (Å²) in [5.41, 5.74) is 0.489. The van der Waals surface area contributed by atoms with Crippen LogP contribution in [0.3, 0.4) is 0 Å². The molecule has 7 heteroatoms. The van der Waals surface area contributed by atoms with Crippen molar-refractivity contribution < 1.29 is 28.1 Å². The lowest BCUT2D eigenvalue weighted by Crippen LogP contribution is -2.03. The van der Waals surface area contributed by atoms with Gasteiger partial charge in [0.25, 0.3) is 0 Å². The summed E-state index contributed by atoms with van der Waals surface area (Å²) in [5, 5.41) is 9.39. The number of benzene rings is 2. The van der Waals surface area contributed by atoms with E-state index in [9.17, 15) is 8.78 Å². The fourth-order valence-corrected chi connectivity index (χ4v) is 2.34. The Labute approximate surface area is 142 Å². The van der Waals surface area contributed by atoms with E-state index in [0.29, 0.717) is 22.4 Å². The van der Waals surface area contributed by atoms with Crippen LogP contribution < -0.4 is 14.2 Å². The summed E-state index contributed by atoms with van der Waals surface area (Å²) in [7, 11) is 1.46. The van der Waals surface area contributed by atoms with Gasteiger partial charge in [-0.1, -0.05) is 6.07 Å². The number of fused-ring (bicyclic) bond motifs is 1. The number of nitrogens with zero attached hydrogens (tertiary/aromatic N) is 1. The number of aliphatic hydroxyl groups excluding tert-OH is 1. The van der Waals surface area contributed by atoms with E-state index in [4.69, 9.17) is 19.3 Å². The third kappa shape index (κ3) is 3.46. The number of hydrogen-bond donors (Lipinski definition) is 1. The van der Waals surface area contributed by atoms with E-state index in [1.807, 2.05) is 0 Å². The zero-order valence-corrected chi connectivity index (χ0v) is 13.3. The van der Waals surface area contributed by atoms with E-state index in [1.54, 1.807) is 12.1 Å². The molecule has 1 aromatic heterocycles. The third-order valence-corrected chi connectivity index (χ3v) is 3.47. The van der Waals surface area contributed by atoms with Gasteiger partial charge in [0, 0.05) is 17.6 Å². The second-order valence-corrected chi connectivity index (χ2v) is 5.05. The van der Waals surface area contributed by atoms with Gasteiger partial charge in [0.2, 0.25) is 0 Å². The van der Waals surface area contributed by atoms with E-state index in [-0.39, 0.29) is 19.0 Å². The molecule has 0 amide bonds. The Bertz CT molecular complexity index is 881. The zero-order valence-electron chi connectivity index (χ0n) is 13.3. The molecule has 0 radical (unpaired) electrons. The average molecular weight is 347 g/mol. The lowest BCUT2D eigenvalue weighted by atomic mass is 10.1. The van der Waals surface area contributed by atoms with Crippen LogP contribution in [-0.4, -0.2) is 30.4 Å². The molecule has 2 aromatic carbocycles. The van der Waals surface area contributed by atoms with Crippen molar-refractivity contribution >= 4 is 10.9 Å². The predicted molar refractivity (Wildman–Crippen MR) is 87.3 cm³/mol. The molecule has 5 nitrogen and oxygen atoms in total. The highest BCUT2D eigenvalue weighted by atomic mass is 19.1. The highest BCUT2D eigenvalue weighted by molar-refractivity contribution is 5.88. The fourth-order valence-electron chi connectivity index (χ4n) is 2.34. The quantitative estimate of drug-likeness (QED) is 0.737. The van der Waals surface area contributed by atoms with Gasteiger partial charge in [-0.15, -0.1) is 0 Å². The van der Waals surface area contributed by atoms with Crippen molar-refractivity contribution in [3.8, 4) is 23.0 Å². The summed E-state index contributed by atoms with van der Waals surface area (Å²) in [4.78, 5) is 4.21. The van der Waals surface area contributed by atoms with Crippen LogP contribution in [0.15, 0.2) is 42.6 Å². The molecule has 25 heavy (non-hydrogen) atoms. The molecule has 3 aromatic rings. The Kier molecular flexibility index (Phi) is 4.95. The summed E-state index contributed by atoms with van der Waals surface area (Å²) in [6.45, 7) is -0.0528. The van der Waals surface area contributed by atoms with E-state index in [2.05, 4.69) is 4.98 Å². The van der Waals surface area contributed by atoms with Gasteiger partial charge < -0.3 is 19.3 Å². The van der Waals surface area contributed by atoms with Gasteiger partial charge >= 0.3 is 0 Å². The normalized spacial score (nSPS) is 10.7. The number of pyridine rings is 1. The number of ether oxygens (including phenoxy) is 3. The number of para-hydroxylation sites is 1. The summed E-state index contributed by atoms with van der Waals surface area (Å²) in [6, 6.07) is 8.20. The van der Waals surface area contributed by atoms with E-state index in [0.717, 1.165) is 12.1 Å². The fraction of sp³-hybridized carbons (Fsp3) is 0.167.